The number of halogens is 4. The summed E-state index contributed by atoms with van der Waals surface area (Å²) in [7, 11) is 0. The lowest BCUT2D eigenvalue weighted by atomic mass is 9.96. The number of phenols is 1. The quantitative estimate of drug-likeness (QED) is 0.156. The maximum Gasteiger partial charge on any atom is 0.319 e. The number of rotatable bonds is 8. The SMILES string of the molecule is C=CC(=O)N1CCN(c2nc(OCCCN3CCC(F)(F)C3)nc3c(F)c(-c4cc(O)cc5ccccc45)c(Cl)cc23)CC1C.CC. The molecule has 0 saturated carbocycles. The molecule has 6 rings (SSSR count). The van der Waals surface area contributed by atoms with Gasteiger partial charge in [-0.25, -0.2) is 13.2 Å². The van der Waals surface area contributed by atoms with E-state index in [9.17, 15) is 18.7 Å². The molecule has 1 unspecified atom stereocenters. The Morgan fingerprint density at radius 2 is 1.91 bits per heavy atom. The number of alkyl halides is 2. The monoisotopic (exact) mass is 669 g/mol. The normalized spacial score (nSPS) is 17.9. The zero-order valence-corrected chi connectivity index (χ0v) is 27.5. The molecule has 8 nitrogen and oxygen atoms in total. The van der Waals surface area contributed by atoms with Gasteiger partial charge >= 0.3 is 6.01 Å². The molecule has 0 aliphatic carbocycles. The highest BCUT2D eigenvalue weighted by Crippen LogP contribution is 2.42. The number of likely N-dealkylation sites (tertiary alicyclic amines) is 1. The number of phenolic OH excluding ortho intramolecular Hbond substituents is 1. The van der Waals surface area contributed by atoms with E-state index in [1.54, 1.807) is 21.9 Å². The lowest BCUT2D eigenvalue weighted by molar-refractivity contribution is -0.128. The molecule has 1 atom stereocenters. The van der Waals surface area contributed by atoms with Gasteiger partial charge in [-0.2, -0.15) is 9.97 Å². The van der Waals surface area contributed by atoms with E-state index in [4.69, 9.17) is 16.3 Å². The largest absolute Gasteiger partial charge is 0.508 e. The number of anilines is 1. The van der Waals surface area contributed by atoms with Crippen molar-refractivity contribution in [3.8, 4) is 22.9 Å². The topological polar surface area (TPSA) is 82.0 Å². The van der Waals surface area contributed by atoms with Gasteiger partial charge in [0.25, 0.3) is 5.92 Å². The van der Waals surface area contributed by atoms with Gasteiger partial charge in [-0.3, -0.25) is 9.69 Å². The number of piperazine rings is 1. The molecular formula is C35H39ClF3N5O3. The Morgan fingerprint density at radius 3 is 2.62 bits per heavy atom. The number of hydrogen-bond acceptors (Lipinski definition) is 7. The van der Waals surface area contributed by atoms with Gasteiger partial charge in [-0.05, 0) is 54.0 Å². The van der Waals surface area contributed by atoms with Gasteiger partial charge in [0, 0.05) is 56.1 Å². The van der Waals surface area contributed by atoms with E-state index in [1.807, 2.05) is 49.9 Å². The van der Waals surface area contributed by atoms with Crippen molar-refractivity contribution in [2.75, 3.05) is 50.8 Å². The molecule has 2 fully saturated rings. The molecule has 0 bridgehead atoms. The standard InChI is InChI=1S/C33H33ClF3N5O3.C2H6/c1-3-27(44)42-13-12-41(18-20(42)2)31-25-17-26(34)28(24-16-22(43)15-21-7-4-5-8-23(21)24)29(35)30(25)38-32(39-31)45-14-6-10-40-11-9-33(36,37)19-40;1-2/h3-5,7-8,15-17,20,43H,1,6,9-14,18-19H2,2H3;1-2H3. The Bertz CT molecular complexity index is 1790. The van der Waals surface area contributed by atoms with Gasteiger partial charge < -0.3 is 19.6 Å². The van der Waals surface area contributed by atoms with Crippen LogP contribution in [0.25, 0.3) is 32.8 Å². The number of benzene rings is 3. The third-order valence-electron chi connectivity index (χ3n) is 8.44. The first kappa shape index (κ1) is 34.3. The number of amides is 1. The predicted octanol–water partition coefficient (Wildman–Crippen LogP) is 7.31. The van der Waals surface area contributed by atoms with Crippen molar-refractivity contribution in [2.45, 2.75) is 45.6 Å². The number of nitrogens with zero attached hydrogens (tertiary/aromatic N) is 5. The number of hydrogen-bond donors (Lipinski definition) is 1. The lowest BCUT2D eigenvalue weighted by Crippen LogP contribution is -2.54. The molecule has 3 aromatic carbocycles. The minimum absolute atomic E-state index is 0.0155. The van der Waals surface area contributed by atoms with Crippen LogP contribution in [0, 0.1) is 5.82 Å². The summed E-state index contributed by atoms with van der Waals surface area (Å²) in [6.07, 6.45) is 1.58. The fourth-order valence-corrected chi connectivity index (χ4v) is 6.55. The fourth-order valence-electron chi connectivity index (χ4n) is 6.26. The van der Waals surface area contributed by atoms with Gasteiger partial charge in [-0.15, -0.1) is 0 Å². The summed E-state index contributed by atoms with van der Waals surface area (Å²) in [5.41, 5.74) is 0.472. The van der Waals surface area contributed by atoms with Crippen molar-refractivity contribution in [3.63, 3.8) is 0 Å². The molecule has 2 saturated heterocycles. The molecule has 0 radical (unpaired) electrons. The number of aromatic hydroxyl groups is 1. The number of ether oxygens (including phenoxy) is 1. The van der Waals surface area contributed by atoms with Gasteiger partial charge in [-0.1, -0.05) is 56.3 Å². The van der Waals surface area contributed by atoms with Crippen LogP contribution in [0.5, 0.6) is 11.8 Å². The van der Waals surface area contributed by atoms with Crippen molar-refractivity contribution >= 4 is 45.0 Å². The minimum atomic E-state index is -2.67. The fraction of sp³-hybridized carbons (Fsp3) is 0.400. The average molecular weight is 670 g/mol. The Hall–Kier alpha value is -4.09. The summed E-state index contributed by atoms with van der Waals surface area (Å²) in [5, 5.41) is 12.4. The second-order valence-corrected chi connectivity index (χ2v) is 12.0. The number of fused-ring (bicyclic) bond motifs is 2. The molecule has 2 aliphatic heterocycles. The predicted molar refractivity (Wildman–Crippen MR) is 180 cm³/mol. The van der Waals surface area contributed by atoms with Crippen LogP contribution in [0.1, 0.15) is 33.6 Å². The van der Waals surface area contributed by atoms with Gasteiger partial charge in [0.1, 0.15) is 17.1 Å². The van der Waals surface area contributed by atoms with E-state index >= 15 is 4.39 Å². The van der Waals surface area contributed by atoms with Crippen LogP contribution in [0.15, 0.2) is 55.1 Å². The summed E-state index contributed by atoms with van der Waals surface area (Å²) in [6.45, 7) is 11.3. The van der Waals surface area contributed by atoms with Crippen LogP contribution < -0.4 is 9.64 Å². The summed E-state index contributed by atoms with van der Waals surface area (Å²) in [6, 6.07) is 11.7. The van der Waals surface area contributed by atoms with E-state index in [2.05, 4.69) is 16.5 Å². The van der Waals surface area contributed by atoms with E-state index in [-0.39, 0.29) is 59.4 Å². The molecule has 1 N–H and O–H groups in total. The summed E-state index contributed by atoms with van der Waals surface area (Å²) in [4.78, 5) is 26.8. The Balaban J connectivity index is 0.00000213. The molecule has 250 valence electrons. The van der Waals surface area contributed by atoms with Crippen molar-refractivity contribution in [1.29, 1.82) is 0 Å². The summed E-state index contributed by atoms with van der Waals surface area (Å²) < 4.78 is 49.8. The highest BCUT2D eigenvalue weighted by Gasteiger charge is 2.37. The van der Waals surface area contributed by atoms with Crippen LogP contribution in [0.2, 0.25) is 5.02 Å². The van der Waals surface area contributed by atoms with Gasteiger partial charge in [0.2, 0.25) is 5.91 Å². The van der Waals surface area contributed by atoms with E-state index < -0.39 is 11.7 Å². The second-order valence-electron chi connectivity index (χ2n) is 11.6. The Morgan fingerprint density at radius 1 is 1.15 bits per heavy atom. The maximum absolute atomic E-state index is 16.7. The number of carbonyl (C=O) groups is 1. The highest BCUT2D eigenvalue weighted by atomic mass is 35.5. The second kappa shape index (κ2) is 14.4. The summed E-state index contributed by atoms with van der Waals surface area (Å²) >= 11 is 6.79. The van der Waals surface area contributed by atoms with Crippen LogP contribution in [0.3, 0.4) is 0 Å². The molecule has 0 spiro atoms. The molecule has 1 aromatic heterocycles. The molecule has 3 heterocycles. The molecular weight excluding hydrogens is 631 g/mol. The van der Waals surface area contributed by atoms with Crippen molar-refractivity contribution in [3.05, 3.63) is 66.0 Å². The zero-order chi connectivity index (χ0) is 33.9. The van der Waals surface area contributed by atoms with Crippen molar-refractivity contribution in [2.24, 2.45) is 0 Å². The highest BCUT2D eigenvalue weighted by molar-refractivity contribution is 6.35. The van der Waals surface area contributed by atoms with Gasteiger partial charge in [0.15, 0.2) is 5.82 Å². The van der Waals surface area contributed by atoms with Crippen LogP contribution in [0.4, 0.5) is 19.0 Å². The Labute approximate surface area is 277 Å². The molecule has 12 heteroatoms. The van der Waals surface area contributed by atoms with Crippen LogP contribution in [-0.4, -0.2) is 88.6 Å². The van der Waals surface area contributed by atoms with E-state index in [0.717, 1.165) is 0 Å². The smallest absolute Gasteiger partial charge is 0.319 e. The molecule has 47 heavy (non-hydrogen) atoms. The first-order valence-electron chi connectivity index (χ1n) is 15.9. The van der Waals surface area contributed by atoms with E-state index in [1.165, 1.54) is 12.1 Å². The lowest BCUT2D eigenvalue weighted by Gasteiger charge is -2.40. The van der Waals surface area contributed by atoms with Crippen LogP contribution in [-0.2, 0) is 4.79 Å². The third-order valence-corrected chi connectivity index (χ3v) is 8.74. The third kappa shape index (κ3) is 7.26. The number of aromatic nitrogens is 2. The minimum Gasteiger partial charge on any atom is -0.508 e. The number of carbonyl (C=O) groups excluding carboxylic acids is 1. The molecule has 1 amide bonds. The maximum atomic E-state index is 16.7. The van der Waals surface area contributed by atoms with Crippen molar-refractivity contribution in [1.82, 2.24) is 19.8 Å². The average Bonchev–Trinajstić information content (AvgIpc) is 3.41. The Kier molecular flexibility index (Phi) is 10.5. The summed E-state index contributed by atoms with van der Waals surface area (Å²) in [5.74, 6) is -3.18. The first-order valence-corrected chi connectivity index (χ1v) is 16.3. The van der Waals surface area contributed by atoms with Gasteiger partial charge in [0.05, 0.1) is 18.2 Å². The zero-order valence-electron chi connectivity index (χ0n) is 26.8. The van der Waals surface area contributed by atoms with Crippen LogP contribution >= 0.6 is 11.6 Å². The first-order chi connectivity index (χ1) is 22.5. The van der Waals surface area contributed by atoms with Crippen molar-refractivity contribution < 1.29 is 27.8 Å². The molecule has 4 aromatic rings. The molecule has 2 aliphatic rings. The van der Waals surface area contributed by atoms with E-state index in [0.29, 0.717) is 66.7 Å².